The molecule has 0 saturated carbocycles. The number of benzene rings is 1. The van der Waals surface area contributed by atoms with Crippen molar-refractivity contribution in [2.24, 2.45) is 0 Å². The molecule has 3 heteroatoms. The van der Waals surface area contributed by atoms with Crippen molar-refractivity contribution in [3.63, 3.8) is 0 Å². The fraction of sp³-hybridized carbons (Fsp3) is 0.364. The molecule has 1 rings (SSSR count). The fourth-order valence-electron chi connectivity index (χ4n) is 0.833. The van der Waals surface area contributed by atoms with Crippen molar-refractivity contribution >= 4 is 17.3 Å². The summed E-state index contributed by atoms with van der Waals surface area (Å²) in [5, 5.41) is 0.473. The topological polar surface area (TPSA) is 21.3 Å². The first-order chi connectivity index (χ1) is 6.49. The van der Waals surface area contributed by atoms with Crippen molar-refractivity contribution in [2.75, 3.05) is 0 Å². The summed E-state index contributed by atoms with van der Waals surface area (Å²) in [6.07, 6.45) is 0. The molecule has 1 aromatic carbocycles. The van der Waals surface area contributed by atoms with Gasteiger partial charge in [0, 0.05) is 11.1 Å². The van der Waals surface area contributed by atoms with Gasteiger partial charge in [0.25, 0.3) is 0 Å². The monoisotopic (exact) mass is 209 g/mol. The highest BCUT2D eigenvalue weighted by molar-refractivity contribution is 7.80. The quantitative estimate of drug-likeness (QED) is 0.597. The average Bonchev–Trinajstić information content (AvgIpc) is 2.14. The van der Waals surface area contributed by atoms with Gasteiger partial charge in [-0.3, -0.25) is 0 Å². The van der Waals surface area contributed by atoms with Crippen LogP contribution in [0.2, 0.25) is 0 Å². The van der Waals surface area contributed by atoms with Gasteiger partial charge in [0.15, 0.2) is 0 Å². The molecule has 76 valence electrons. The van der Waals surface area contributed by atoms with Crippen molar-refractivity contribution < 1.29 is 4.84 Å². The van der Waals surface area contributed by atoms with E-state index in [4.69, 9.17) is 17.1 Å². The Labute approximate surface area is 90.2 Å². The number of rotatable bonds is 2. The molecule has 0 spiro atoms. The lowest BCUT2D eigenvalue weighted by Gasteiger charge is -2.20. The first kappa shape index (κ1) is 11.1. The molecule has 0 aliphatic heterocycles. The van der Waals surface area contributed by atoms with Gasteiger partial charge < -0.3 is 4.84 Å². The lowest BCUT2D eigenvalue weighted by molar-refractivity contribution is 0.111. The zero-order valence-corrected chi connectivity index (χ0v) is 9.52. The van der Waals surface area contributed by atoms with Crippen LogP contribution < -0.4 is 5.48 Å². The van der Waals surface area contributed by atoms with Crippen LogP contribution >= 0.6 is 12.2 Å². The number of nitrogens with one attached hydrogen (secondary N) is 1. The Hall–Kier alpha value is -0.930. The molecule has 0 amide bonds. The summed E-state index contributed by atoms with van der Waals surface area (Å²) < 4.78 is 0. The minimum Gasteiger partial charge on any atom is -0.396 e. The normalized spacial score (nSPS) is 11.1. The Kier molecular flexibility index (Phi) is 3.61. The van der Waals surface area contributed by atoms with Crippen molar-refractivity contribution in [2.45, 2.75) is 26.3 Å². The van der Waals surface area contributed by atoms with E-state index in [0.29, 0.717) is 5.05 Å². The fourth-order valence-corrected chi connectivity index (χ4v) is 1.01. The summed E-state index contributed by atoms with van der Waals surface area (Å²) >= 11 is 5.10. The van der Waals surface area contributed by atoms with Gasteiger partial charge in [-0.15, -0.1) is 0 Å². The van der Waals surface area contributed by atoms with Gasteiger partial charge in [0.1, 0.15) is 0 Å². The molecule has 0 atom stereocenters. The lowest BCUT2D eigenvalue weighted by Crippen LogP contribution is -2.37. The molecule has 0 saturated heterocycles. The lowest BCUT2D eigenvalue weighted by atomic mass is 10.1. The maximum Gasteiger partial charge on any atom is 0.217 e. The van der Waals surface area contributed by atoms with E-state index in [0.717, 1.165) is 5.56 Å². The van der Waals surface area contributed by atoms with Crippen LogP contribution in [0, 0.1) is 0 Å². The molecule has 0 aliphatic carbocycles. The Morgan fingerprint density at radius 3 is 2.29 bits per heavy atom. The van der Waals surface area contributed by atoms with Crippen LogP contribution in [0.1, 0.15) is 26.3 Å². The standard InChI is InChI=1S/C11H15NOS/c1-11(2,3)12-13-10(14)9-7-5-4-6-8-9/h4-8,12H,1-3H3. The molecule has 0 fully saturated rings. The Balaban J connectivity index is 2.52. The summed E-state index contributed by atoms with van der Waals surface area (Å²) in [6.45, 7) is 6.04. The van der Waals surface area contributed by atoms with E-state index in [1.165, 1.54) is 0 Å². The molecule has 0 bridgehead atoms. The second-order valence-corrected chi connectivity index (χ2v) is 4.48. The van der Waals surface area contributed by atoms with Crippen LogP contribution in [0.4, 0.5) is 0 Å². The van der Waals surface area contributed by atoms with E-state index in [1.54, 1.807) is 0 Å². The van der Waals surface area contributed by atoms with Crippen molar-refractivity contribution in [1.29, 1.82) is 0 Å². The second kappa shape index (κ2) is 4.53. The van der Waals surface area contributed by atoms with Gasteiger partial charge in [-0.25, -0.2) is 0 Å². The maximum atomic E-state index is 5.27. The minimum absolute atomic E-state index is 0.0984. The number of hydroxylamine groups is 1. The Bertz CT molecular complexity index is 303. The predicted molar refractivity (Wildman–Crippen MR) is 62.1 cm³/mol. The second-order valence-electron chi connectivity index (χ2n) is 4.11. The van der Waals surface area contributed by atoms with Gasteiger partial charge in [-0.1, -0.05) is 30.3 Å². The predicted octanol–water partition coefficient (Wildman–Crippen LogP) is 2.68. The zero-order valence-electron chi connectivity index (χ0n) is 8.70. The summed E-state index contributed by atoms with van der Waals surface area (Å²) in [5.41, 5.74) is 3.70. The molecule has 1 aromatic rings. The first-order valence-electron chi connectivity index (χ1n) is 4.52. The highest BCUT2D eigenvalue weighted by atomic mass is 32.1. The van der Waals surface area contributed by atoms with Crippen LogP contribution in [0.15, 0.2) is 30.3 Å². The largest absolute Gasteiger partial charge is 0.396 e. The van der Waals surface area contributed by atoms with Crippen molar-refractivity contribution in [1.82, 2.24) is 5.48 Å². The maximum absolute atomic E-state index is 5.27. The third-order valence-corrected chi connectivity index (χ3v) is 1.78. The zero-order chi connectivity index (χ0) is 10.6. The Morgan fingerprint density at radius 1 is 1.21 bits per heavy atom. The van der Waals surface area contributed by atoms with E-state index >= 15 is 0 Å². The average molecular weight is 209 g/mol. The SMILES string of the molecule is CC(C)(C)NOC(=S)c1ccccc1. The summed E-state index contributed by atoms with van der Waals surface area (Å²) in [5.74, 6) is 0. The molecule has 1 N–H and O–H groups in total. The molecular formula is C11H15NOS. The van der Waals surface area contributed by atoms with Gasteiger partial charge in [-0.2, -0.15) is 5.48 Å². The van der Waals surface area contributed by atoms with Crippen molar-refractivity contribution in [3.05, 3.63) is 35.9 Å². The number of thiocarbonyl (C=S) groups is 1. The van der Waals surface area contributed by atoms with E-state index in [1.807, 2.05) is 51.1 Å². The third-order valence-electron chi connectivity index (χ3n) is 1.46. The minimum atomic E-state index is -0.0984. The molecule has 0 aliphatic rings. The summed E-state index contributed by atoms with van der Waals surface area (Å²) in [6, 6.07) is 9.66. The highest BCUT2D eigenvalue weighted by Crippen LogP contribution is 2.04. The molecule has 0 radical (unpaired) electrons. The van der Waals surface area contributed by atoms with Crippen molar-refractivity contribution in [3.8, 4) is 0 Å². The third kappa shape index (κ3) is 3.85. The van der Waals surface area contributed by atoms with Gasteiger partial charge in [0.2, 0.25) is 5.05 Å². The molecule has 14 heavy (non-hydrogen) atoms. The molecule has 2 nitrogen and oxygen atoms in total. The molecular weight excluding hydrogens is 194 g/mol. The van der Waals surface area contributed by atoms with Crippen LogP contribution in [-0.4, -0.2) is 10.6 Å². The van der Waals surface area contributed by atoms with Gasteiger partial charge in [0.05, 0.1) is 0 Å². The van der Waals surface area contributed by atoms with E-state index < -0.39 is 0 Å². The van der Waals surface area contributed by atoms with E-state index in [-0.39, 0.29) is 5.54 Å². The summed E-state index contributed by atoms with van der Waals surface area (Å²) in [7, 11) is 0. The number of hydrogen-bond donors (Lipinski definition) is 1. The van der Waals surface area contributed by atoms with Gasteiger partial charge >= 0.3 is 0 Å². The first-order valence-corrected chi connectivity index (χ1v) is 4.93. The van der Waals surface area contributed by atoms with Crippen LogP contribution in [0.3, 0.4) is 0 Å². The highest BCUT2D eigenvalue weighted by Gasteiger charge is 2.11. The van der Waals surface area contributed by atoms with Crippen LogP contribution in [0.25, 0.3) is 0 Å². The smallest absolute Gasteiger partial charge is 0.217 e. The van der Waals surface area contributed by atoms with E-state index in [9.17, 15) is 0 Å². The van der Waals surface area contributed by atoms with Crippen LogP contribution in [-0.2, 0) is 4.84 Å². The van der Waals surface area contributed by atoms with Gasteiger partial charge in [-0.05, 0) is 33.0 Å². The molecule has 0 unspecified atom stereocenters. The van der Waals surface area contributed by atoms with Crippen LogP contribution in [0.5, 0.6) is 0 Å². The molecule has 0 aromatic heterocycles. The Morgan fingerprint density at radius 2 is 1.79 bits per heavy atom. The van der Waals surface area contributed by atoms with E-state index in [2.05, 4.69) is 5.48 Å². The summed E-state index contributed by atoms with van der Waals surface area (Å²) in [4.78, 5) is 5.27. The number of hydrogen-bond acceptors (Lipinski definition) is 3. The molecule has 0 heterocycles.